The number of nitriles is 1. The molecule has 0 saturated carbocycles. The fourth-order valence-electron chi connectivity index (χ4n) is 3.41. The van der Waals surface area contributed by atoms with E-state index in [2.05, 4.69) is 5.32 Å². The molecule has 0 saturated heterocycles. The lowest BCUT2D eigenvalue weighted by Gasteiger charge is -2.36. The van der Waals surface area contributed by atoms with E-state index in [1.54, 1.807) is 24.3 Å². The molecule has 1 unspecified atom stereocenters. The summed E-state index contributed by atoms with van der Waals surface area (Å²) in [5.41, 5.74) is 0.728. The second-order valence-electron chi connectivity index (χ2n) is 9.62. The topological polar surface area (TPSA) is 112 Å². The highest BCUT2D eigenvalue weighted by Crippen LogP contribution is 2.39. The number of ether oxygens (including phenoxy) is 2. The Labute approximate surface area is 200 Å². The lowest BCUT2D eigenvalue weighted by Crippen LogP contribution is -2.47. The molecule has 1 amide bonds. The maximum Gasteiger partial charge on any atom is 0.411 e. The Bertz CT molecular complexity index is 1200. The summed E-state index contributed by atoms with van der Waals surface area (Å²) in [7, 11) is -0.253. The average molecular weight is 487 g/mol. The molecule has 1 aliphatic heterocycles. The van der Waals surface area contributed by atoms with E-state index < -0.39 is 22.2 Å². The Morgan fingerprint density at radius 2 is 2.00 bits per heavy atom. The highest BCUT2D eigenvalue weighted by molar-refractivity contribution is 7.92. The van der Waals surface area contributed by atoms with Crippen molar-refractivity contribution in [3.05, 3.63) is 48.0 Å². The lowest BCUT2D eigenvalue weighted by molar-refractivity contribution is 0.118. The van der Waals surface area contributed by atoms with Crippen molar-refractivity contribution in [2.45, 2.75) is 31.8 Å². The second-order valence-corrected chi connectivity index (χ2v) is 11.5. The van der Waals surface area contributed by atoms with Crippen molar-refractivity contribution >= 4 is 27.5 Å². The molecule has 9 nitrogen and oxygen atoms in total. The number of fused-ring (bicyclic) bond motifs is 1. The van der Waals surface area contributed by atoms with Gasteiger partial charge in [-0.25, -0.2) is 13.2 Å². The maximum atomic E-state index is 13.6. The number of hydrogen-bond donors (Lipinski definition) is 1. The third-order valence-electron chi connectivity index (χ3n) is 4.89. The van der Waals surface area contributed by atoms with Crippen LogP contribution < -0.4 is 14.4 Å². The van der Waals surface area contributed by atoms with Crippen molar-refractivity contribution in [3.63, 3.8) is 0 Å². The lowest BCUT2D eigenvalue weighted by atomic mass is 9.99. The molecule has 0 radical (unpaired) electrons. The van der Waals surface area contributed by atoms with Gasteiger partial charge < -0.3 is 14.4 Å². The Morgan fingerprint density at radius 1 is 1.26 bits per heavy atom. The molecular weight excluding hydrogens is 456 g/mol. The number of amides is 1. The summed E-state index contributed by atoms with van der Waals surface area (Å²) >= 11 is 0. The number of nitrogens with one attached hydrogen (secondary N) is 1. The zero-order chi connectivity index (χ0) is 25.1. The molecule has 3 rings (SSSR count). The fourth-order valence-corrected chi connectivity index (χ4v) is 4.95. The standard InChI is InChI=1S/C24H30N4O5S/c1-24(2,3)16-32-23(29)26-18-9-10-22-21(12-18)28(15-19(33-22)14-27(4)5)34(30,31)20-8-6-7-17(11-20)13-25/h6-12,19H,14-16H2,1-5H3,(H,26,29). The van der Waals surface area contributed by atoms with Gasteiger partial charge in [0, 0.05) is 12.2 Å². The zero-order valence-electron chi connectivity index (χ0n) is 20.0. The molecule has 0 spiro atoms. The first-order valence-corrected chi connectivity index (χ1v) is 12.3. The van der Waals surface area contributed by atoms with Crippen LogP contribution in [0.3, 0.4) is 0 Å². The Kier molecular flexibility index (Phi) is 7.38. The molecular formula is C24H30N4O5S. The third kappa shape index (κ3) is 6.18. The molecule has 2 aromatic carbocycles. The van der Waals surface area contributed by atoms with Gasteiger partial charge in [0.15, 0.2) is 0 Å². The molecule has 0 aliphatic carbocycles. The first-order chi connectivity index (χ1) is 15.9. The van der Waals surface area contributed by atoms with Crippen LogP contribution in [-0.2, 0) is 14.8 Å². The van der Waals surface area contributed by atoms with Crippen LogP contribution in [-0.4, -0.2) is 59.3 Å². The number of nitrogens with zero attached hydrogens (tertiary/aromatic N) is 3. The van der Waals surface area contributed by atoms with Gasteiger partial charge in [-0.15, -0.1) is 0 Å². The summed E-state index contributed by atoms with van der Waals surface area (Å²) in [5.74, 6) is 0.381. The third-order valence-corrected chi connectivity index (χ3v) is 6.67. The second kappa shape index (κ2) is 9.91. The van der Waals surface area contributed by atoms with Crippen LogP contribution in [0.2, 0.25) is 0 Å². The van der Waals surface area contributed by atoms with Crippen LogP contribution in [0.1, 0.15) is 26.3 Å². The van der Waals surface area contributed by atoms with E-state index in [9.17, 15) is 18.5 Å². The van der Waals surface area contributed by atoms with Gasteiger partial charge in [-0.2, -0.15) is 5.26 Å². The highest BCUT2D eigenvalue weighted by Gasteiger charge is 2.35. The van der Waals surface area contributed by atoms with Crippen LogP contribution >= 0.6 is 0 Å². The van der Waals surface area contributed by atoms with E-state index in [0.29, 0.717) is 23.7 Å². The monoisotopic (exact) mass is 486 g/mol. The number of anilines is 2. The van der Waals surface area contributed by atoms with E-state index in [1.807, 2.05) is 45.8 Å². The van der Waals surface area contributed by atoms with Gasteiger partial charge in [0.25, 0.3) is 10.0 Å². The summed E-state index contributed by atoms with van der Waals surface area (Å²) in [6, 6.07) is 12.7. The SMILES string of the molecule is CN(C)CC1CN(S(=O)(=O)c2cccc(C#N)c2)c2cc(NC(=O)OCC(C)(C)C)ccc2O1. The summed E-state index contributed by atoms with van der Waals surface area (Å²) in [6.45, 7) is 6.65. The smallest absolute Gasteiger partial charge is 0.411 e. The van der Waals surface area contributed by atoms with Crippen molar-refractivity contribution in [1.29, 1.82) is 5.26 Å². The molecule has 1 heterocycles. The highest BCUT2D eigenvalue weighted by atomic mass is 32.2. The zero-order valence-corrected chi connectivity index (χ0v) is 20.8. The summed E-state index contributed by atoms with van der Waals surface area (Å²) in [5, 5.41) is 11.9. The minimum atomic E-state index is -4.01. The van der Waals surface area contributed by atoms with E-state index in [-0.39, 0.29) is 29.0 Å². The largest absolute Gasteiger partial charge is 0.485 e. The van der Waals surface area contributed by atoms with Crippen LogP contribution in [0.25, 0.3) is 0 Å². The molecule has 2 aromatic rings. The summed E-state index contributed by atoms with van der Waals surface area (Å²) < 4.78 is 39.8. The summed E-state index contributed by atoms with van der Waals surface area (Å²) in [4.78, 5) is 14.2. The minimum absolute atomic E-state index is 0.00551. The van der Waals surface area contributed by atoms with Crippen molar-refractivity contribution < 1.29 is 22.7 Å². The molecule has 0 bridgehead atoms. The van der Waals surface area contributed by atoms with E-state index in [4.69, 9.17) is 9.47 Å². The van der Waals surface area contributed by atoms with Crippen molar-refractivity contribution in [2.75, 3.05) is 43.4 Å². The van der Waals surface area contributed by atoms with Gasteiger partial charge in [-0.1, -0.05) is 26.8 Å². The molecule has 1 atom stereocenters. The van der Waals surface area contributed by atoms with Crippen molar-refractivity contribution in [3.8, 4) is 11.8 Å². The average Bonchev–Trinajstić information content (AvgIpc) is 2.76. The predicted octanol–water partition coefficient (Wildman–Crippen LogP) is 3.67. The van der Waals surface area contributed by atoms with Gasteiger partial charge in [0.1, 0.15) is 11.9 Å². The number of carbonyl (C=O) groups is 1. The minimum Gasteiger partial charge on any atom is -0.485 e. The van der Waals surface area contributed by atoms with Crippen LogP contribution in [0.4, 0.5) is 16.2 Å². The maximum absolute atomic E-state index is 13.6. The van der Waals surface area contributed by atoms with Gasteiger partial charge in [-0.05, 0) is 55.9 Å². The molecule has 34 heavy (non-hydrogen) atoms. The molecule has 182 valence electrons. The normalized spacial score (nSPS) is 15.8. The van der Waals surface area contributed by atoms with Crippen LogP contribution in [0.15, 0.2) is 47.4 Å². The quantitative estimate of drug-likeness (QED) is 0.663. The van der Waals surface area contributed by atoms with E-state index in [0.717, 1.165) is 0 Å². The molecule has 0 fully saturated rings. The van der Waals surface area contributed by atoms with Crippen LogP contribution in [0.5, 0.6) is 5.75 Å². The van der Waals surface area contributed by atoms with Gasteiger partial charge >= 0.3 is 6.09 Å². The number of sulfonamides is 1. The number of likely N-dealkylation sites (N-methyl/N-ethyl adjacent to an activating group) is 1. The fraction of sp³-hybridized carbons (Fsp3) is 0.417. The van der Waals surface area contributed by atoms with E-state index >= 15 is 0 Å². The molecule has 1 aliphatic rings. The number of rotatable bonds is 6. The first kappa shape index (κ1) is 25.3. The number of carbonyl (C=O) groups excluding carboxylic acids is 1. The van der Waals surface area contributed by atoms with Crippen LogP contribution in [0, 0.1) is 16.7 Å². The van der Waals surface area contributed by atoms with Gasteiger partial charge in [0.05, 0.1) is 35.4 Å². The van der Waals surface area contributed by atoms with Crippen molar-refractivity contribution in [2.24, 2.45) is 5.41 Å². The summed E-state index contributed by atoms with van der Waals surface area (Å²) in [6.07, 6.45) is -1.04. The first-order valence-electron chi connectivity index (χ1n) is 10.8. The Hall–Kier alpha value is -3.29. The molecule has 0 aromatic heterocycles. The Balaban J connectivity index is 1.97. The Morgan fingerprint density at radius 3 is 2.65 bits per heavy atom. The van der Waals surface area contributed by atoms with E-state index in [1.165, 1.54) is 22.5 Å². The number of benzene rings is 2. The number of hydrogen-bond acceptors (Lipinski definition) is 7. The van der Waals surface area contributed by atoms with Gasteiger partial charge in [-0.3, -0.25) is 9.62 Å². The molecule has 1 N–H and O–H groups in total. The predicted molar refractivity (Wildman–Crippen MR) is 130 cm³/mol. The van der Waals surface area contributed by atoms with Crippen molar-refractivity contribution in [1.82, 2.24) is 4.90 Å². The van der Waals surface area contributed by atoms with Gasteiger partial charge in [0.2, 0.25) is 0 Å². The molecule has 10 heteroatoms.